The zero-order valence-corrected chi connectivity index (χ0v) is 14.2. The van der Waals surface area contributed by atoms with Crippen molar-refractivity contribution in [2.24, 2.45) is 4.99 Å². The Morgan fingerprint density at radius 2 is 1.91 bits per heavy atom. The van der Waals surface area contributed by atoms with E-state index in [1.54, 1.807) is 13.1 Å². The minimum atomic E-state index is -0.210. The van der Waals surface area contributed by atoms with E-state index in [-0.39, 0.29) is 5.82 Å². The van der Waals surface area contributed by atoms with Crippen LogP contribution in [0.25, 0.3) is 0 Å². The van der Waals surface area contributed by atoms with Crippen LogP contribution in [-0.2, 0) is 6.54 Å². The molecule has 0 aliphatic carbocycles. The van der Waals surface area contributed by atoms with Crippen molar-refractivity contribution in [3.05, 3.63) is 35.6 Å². The molecule has 0 bridgehead atoms. The monoisotopic (exact) mass is 321 g/mol. The molecule has 0 unspecified atom stereocenters. The molecule has 6 heteroatoms. The number of guanidine groups is 1. The number of hydrogen-bond acceptors (Lipinski definition) is 3. The van der Waals surface area contributed by atoms with Crippen molar-refractivity contribution in [2.45, 2.75) is 13.5 Å². The quantitative estimate of drug-likeness (QED) is 0.609. The van der Waals surface area contributed by atoms with Gasteiger partial charge in [-0.1, -0.05) is 19.1 Å². The third-order valence-corrected chi connectivity index (χ3v) is 4.21. The molecule has 2 N–H and O–H groups in total. The van der Waals surface area contributed by atoms with Crippen LogP contribution in [0.1, 0.15) is 12.5 Å². The first kappa shape index (κ1) is 17.7. The van der Waals surface area contributed by atoms with Crippen molar-refractivity contribution in [3.63, 3.8) is 0 Å². The first-order valence-corrected chi connectivity index (χ1v) is 8.35. The lowest BCUT2D eigenvalue weighted by atomic mass is 10.2. The van der Waals surface area contributed by atoms with Gasteiger partial charge in [0.15, 0.2) is 5.96 Å². The minimum absolute atomic E-state index is 0.210. The van der Waals surface area contributed by atoms with E-state index in [1.807, 2.05) is 6.07 Å². The lowest BCUT2D eigenvalue weighted by molar-refractivity contribution is 0.139. The molecule has 0 saturated carbocycles. The molecular weight excluding hydrogens is 293 g/mol. The maximum atomic E-state index is 13.2. The molecule has 1 saturated heterocycles. The topological polar surface area (TPSA) is 42.9 Å². The molecular formula is C17H28FN5. The number of halogens is 1. The summed E-state index contributed by atoms with van der Waals surface area (Å²) in [4.78, 5) is 9.15. The lowest BCUT2D eigenvalue weighted by Crippen LogP contribution is -2.49. The minimum Gasteiger partial charge on any atom is -0.355 e. The van der Waals surface area contributed by atoms with Gasteiger partial charge in [0.25, 0.3) is 0 Å². The van der Waals surface area contributed by atoms with E-state index in [0.717, 1.165) is 57.3 Å². The molecule has 1 aliphatic rings. The predicted octanol–water partition coefficient (Wildman–Crippen LogP) is 1.13. The third kappa shape index (κ3) is 6.15. The third-order valence-electron chi connectivity index (χ3n) is 4.21. The summed E-state index contributed by atoms with van der Waals surface area (Å²) in [5.41, 5.74) is 0.906. The second kappa shape index (κ2) is 9.47. The van der Waals surface area contributed by atoms with E-state index >= 15 is 0 Å². The Balaban J connectivity index is 1.65. The Bertz CT molecular complexity index is 498. The van der Waals surface area contributed by atoms with Crippen molar-refractivity contribution in [1.82, 2.24) is 20.4 Å². The van der Waals surface area contributed by atoms with Gasteiger partial charge < -0.3 is 15.5 Å². The molecule has 23 heavy (non-hydrogen) atoms. The summed E-state index contributed by atoms with van der Waals surface area (Å²) in [6.45, 7) is 10.4. The summed E-state index contributed by atoms with van der Waals surface area (Å²) in [7, 11) is 1.75. The molecule has 5 nitrogen and oxygen atoms in total. The van der Waals surface area contributed by atoms with Gasteiger partial charge in [-0.3, -0.25) is 9.89 Å². The van der Waals surface area contributed by atoms with Crippen LogP contribution in [0.5, 0.6) is 0 Å². The van der Waals surface area contributed by atoms with Gasteiger partial charge in [0.05, 0.1) is 0 Å². The molecule has 0 aromatic heterocycles. The zero-order valence-electron chi connectivity index (χ0n) is 14.2. The van der Waals surface area contributed by atoms with Crippen LogP contribution >= 0.6 is 0 Å². The Morgan fingerprint density at radius 1 is 1.17 bits per heavy atom. The van der Waals surface area contributed by atoms with Crippen LogP contribution in [-0.4, -0.2) is 68.6 Å². The van der Waals surface area contributed by atoms with Gasteiger partial charge in [0.1, 0.15) is 5.82 Å². The van der Waals surface area contributed by atoms with E-state index in [2.05, 4.69) is 32.3 Å². The molecule has 1 heterocycles. The first-order chi connectivity index (χ1) is 11.2. The van der Waals surface area contributed by atoms with Crippen molar-refractivity contribution < 1.29 is 4.39 Å². The number of nitrogens with one attached hydrogen (secondary N) is 2. The molecule has 0 atom stereocenters. The van der Waals surface area contributed by atoms with Crippen LogP contribution in [0.15, 0.2) is 29.3 Å². The number of piperazine rings is 1. The van der Waals surface area contributed by atoms with Crippen molar-refractivity contribution in [1.29, 1.82) is 0 Å². The van der Waals surface area contributed by atoms with E-state index in [1.165, 1.54) is 12.1 Å². The maximum absolute atomic E-state index is 13.2. The van der Waals surface area contributed by atoms with Crippen molar-refractivity contribution >= 4 is 5.96 Å². The van der Waals surface area contributed by atoms with E-state index in [9.17, 15) is 4.39 Å². The Kier molecular flexibility index (Phi) is 7.29. The summed E-state index contributed by atoms with van der Waals surface area (Å²) in [6.07, 6.45) is 0. The summed E-state index contributed by atoms with van der Waals surface area (Å²) < 4.78 is 13.2. The number of likely N-dealkylation sites (N-methyl/N-ethyl adjacent to an activating group) is 1. The Morgan fingerprint density at radius 3 is 2.57 bits per heavy atom. The molecule has 1 aromatic rings. The highest BCUT2D eigenvalue weighted by Gasteiger charge is 2.14. The molecule has 0 radical (unpaired) electrons. The van der Waals surface area contributed by atoms with Crippen LogP contribution in [0.4, 0.5) is 4.39 Å². The number of hydrogen-bond donors (Lipinski definition) is 2. The number of nitrogens with zero attached hydrogens (tertiary/aromatic N) is 3. The smallest absolute Gasteiger partial charge is 0.191 e. The fourth-order valence-electron chi connectivity index (χ4n) is 2.71. The maximum Gasteiger partial charge on any atom is 0.191 e. The highest BCUT2D eigenvalue weighted by molar-refractivity contribution is 5.79. The van der Waals surface area contributed by atoms with Crippen LogP contribution in [0.3, 0.4) is 0 Å². The normalized spacial score (nSPS) is 17.3. The molecule has 1 aromatic carbocycles. The van der Waals surface area contributed by atoms with Gasteiger partial charge in [-0.15, -0.1) is 0 Å². The van der Waals surface area contributed by atoms with E-state index in [4.69, 9.17) is 0 Å². The predicted molar refractivity (Wildman–Crippen MR) is 93.2 cm³/mol. The first-order valence-electron chi connectivity index (χ1n) is 8.35. The average molecular weight is 321 g/mol. The largest absolute Gasteiger partial charge is 0.355 e. The van der Waals surface area contributed by atoms with Crippen LogP contribution in [0.2, 0.25) is 0 Å². The highest BCUT2D eigenvalue weighted by Crippen LogP contribution is 2.02. The fourth-order valence-corrected chi connectivity index (χ4v) is 2.71. The Hall–Kier alpha value is -1.66. The van der Waals surface area contributed by atoms with Crippen LogP contribution in [0, 0.1) is 5.82 Å². The van der Waals surface area contributed by atoms with Crippen molar-refractivity contribution in [3.8, 4) is 0 Å². The molecule has 0 amide bonds. The standard InChI is InChI=1S/C17H28FN5/c1-3-22-9-11-23(12-10-22)8-7-20-17(19-2)21-14-15-5-4-6-16(18)13-15/h4-6,13H,3,7-12,14H2,1-2H3,(H2,19,20,21). The Labute approximate surface area is 138 Å². The summed E-state index contributed by atoms with van der Waals surface area (Å²) in [6, 6.07) is 6.61. The molecule has 0 spiro atoms. The van der Waals surface area contributed by atoms with Crippen molar-refractivity contribution in [2.75, 3.05) is 52.9 Å². The second-order valence-electron chi connectivity index (χ2n) is 5.76. The van der Waals surface area contributed by atoms with E-state index < -0.39 is 0 Å². The van der Waals surface area contributed by atoms with Gasteiger partial charge in [0.2, 0.25) is 0 Å². The fraction of sp³-hybridized carbons (Fsp3) is 0.588. The molecule has 1 aliphatic heterocycles. The SMILES string of the molecule is CCN1CCN(CCNC(=NC)NCc2cccc(F)c2)CC1. The van der Waals surface area contributed by atoms with Gasteiger partial charge in [0, 0.05) is 52.9 Å². The number of benzene rings is 1. The van der Waals surface area contributed by atoms with Gasteiger partial charge in [-0.05, 0) is 24.2 Å². The number of rotatable bonds is 6. The second-order valence-corrected chi connectivity index (χ2v) is 5.76. The van der Waals surface area contributed by atoms with Gasteiger partial charge in [-0.25, -0.2) is 4.39 Å². The van der Waals surface area contributed by atoms with Gasteiger partial charge >= 0.3 is 0 Å². The van der Waals surface area contributed by atoms with E-state index in [0.29, 0.717) is 6.54 Å². The molecule has 128 valence electrons. The number of aliphatic imine (C=N–C) groups is 1. The van der Waals surface area contributed by atoms with Crippen LogP contribution < -0.4 is 10.6 Å². The summed E-state index contributed by atoms with van der Waals surface area (Å²) >= 11 is 0. The summed E-state index contributed by atoms with van der Waals surface area (Å²) in [5.74, 6) is 0.542. The summed E-state index contributed by atoms with van der Waals surface area (Å²) in [5, 5.41) is 6.53. The highest BCUT2D eigenvalue weighted by atomic mass is 19.1. The van der Waals surface area contributed by atoms with Gasteiger partial charge in [-0.2, -0.15) is 0 Å². The molecule has 2 rings (SSSR count). The zero-order chi connectivity index (χ0) is 16.5. The molecule has 1 fully saturated rings. The lowest BCUT2D eigenvalue weighted by Gasteiger charge is -2.34. The average Bonchev–Trinajstić information content (AvgIpc) is 2.58.